The Hall–Kier alpha value is -3.61. The molecule has 36 heavy (non-hydrogen) atoms. The number of imide groups is 1. The van der Waals surface area contributed by atoms with Crippen LogP contribution < -0.4 is 5.32 Å². The van der Waals surface area contributed by atoms with Gasteiger partial charge < -0.3 is 10.0 Å². The summed E-state index contributed by atoms with van der Waals surface area (Å²) in [6.45, 7) is 6.25. The van der Waals surface area contributed by atoms with Crippen LogP contribution in [0.3, 0.4) is 0 Å². The van der Waals surface area contributed by atoms with E-state index in [0.717, 1.165) is 12.1 Å². The summed E-state index contributed by atoms with van der Waals surface area (Å²) in [6.07, 6.45) is 0.971. The van der Waals surface area contributed by atoms with Crippen molar-refractivity contribution in [3.8, 4) is 6.07 Å². The molecule has 0 radical (unpaired) electrons. The van der Waals surface area contributed by atoms with Crippen molar-refractivity contribution in [3.05, 3.63) is 64.5 Å². The highest BCUT2D eigenvalue weighted by molar-refractivity contribution is 6.05. The Balaban J connectivity index is 1.33. The topological polar surface area (TPSA) is 127 Å². The highest BCUT2D eigenvalue weighted by atomic mass is 16.3. The molecule has 3 aliphatic rings. The van der Waals surface area contributed by atoms with Gasteiger partial charge in [0.25, 0.3) is 5.91 Å². The number of rotatable bonds is 4. The second-order valence-corrected chi connectivity index (χ2v) is 10.6. The van der Waals surface area contributed by atoms with E-state index in [-0.39, 0.29) is 24.8 Å². The molecule has 9 heteroatoms. The van der Waals surface area contributed by atoms with E-state index < -0.39 is 23.0 Å². The molecule has 0 spiro atoms. The number of likely N-dealkylation sites (tertiary alicyclic amines) is 1. The minimum absolute atomic E-state index is 0.176. The van der Waals surface area contributed by atoms with Crippen LogP contribution in [0.1, 0.15) is 66.0 Å². The number of nitriles is 1. The van der Waals surface area contributed by atoms with E-state index in [1.165, 1.54) is 4.90 Å². The maximum atomic E-state index is 13.0. The van der Waals surface area contributed by atoms with Crippen LogP contribution in [0.2, 0.25) is 0 Å². The lowest BCUT2D eigenvalue weighted by Gasteiger charge is -2.50. The molecule has 0 saturated carbocycles. The SMILES string of the molecule is CC1(C)CN(Cc2ccc(C#N)cc2)CC[C@]1(O)c1ccc2c(n1)CN(C1CCC(=O)NC1=O)C2=O. The maximum absolute atomic E-state index is 13.0. The van der Waals surface area contributed by atoms with Gasteiger partial charge in [0, 0.05) is 31.5 Å². The lowest BCUT2D eigenvalue weighted by atomic mass is 9.68. The van der Waals surface area contributed by atoms with Gasteiger partial charge in [-0.1, -0.05) is 26.0 Å². The van der Waals surface area contributed by atoms with Gasteiger partial charge in [-0.05, 0) is 42.7 Å². The number of carbonyl (C=O) groups excluding carboxylic acids is 3. The number of piperidine rings is 2. The predicted octanol–water partition coefficient (Wildman–Crippen LogP) is 1.83. The molecule has 0 aliphatic carbocycles. The number of pyridine rings is 1. The molecule has 3 aliphatic heterocycles. The van der Waals surface area contributed by atoms with Gasteiger partial charge >= 0.3 is 0 Å². The Morgan fingerprint density at radius 2 is 1.92 bits per heavy atom. The number of nitrogens with one attached hydrogen (secondary N) is 1. The lowest BCUT2D eigenvalue weighted by Crippen LogP contribution is -2.55. The van der Waals surface area contributed by atoms with Crippen LogP contribution in [-0.4, -0.2) is 56.7 Å². The van der Waals surface area contributed by atoms with Crippen LogP contribution in [-0.2, 0) is 28.3 Å². The van der Waals surface area contributed by atoms with Crippen molar-refractivity contribution in [2.75, 3.05) is 13.1 Å². The van der Waals surface area contributed by atoms with Crippen LogP contribution in [0.15, 0.2) is 36.4 Å². The fourth-order valence-electron chi connectivity index (χ4n) is 5.65. The number of amides is 3. The van der Waals surface area contributed by atoms with Crippen molar-refractivity contribution >= 4 is 17.7 Å². The second kappa shape index (κ2) is 8.80. The van der Waals surface area contributed by atoms with Gasteiger partial charge in [0.15, 0.2) is 0 Å². The molecule has 0 bridgehead atoms. The molecule has 4 heterocycles. The van der Waals surface area contributed by atoms with E-state index in [4.69, 9.17) is 10.2 Å². The van der Waals surface area contributed by atoms with E-state index in [0.29, 0.717) is 48.4 Å². The molecule has 2 N–H and O–H groups in total. The summed E-state index contributed by atoms with van der Waals surface area (Å²) in [7, 11) is 0. The largest absolute Gasteiger partial charge is 0.383 e. The number of aliphatic hydroxyl groups is 1. The third kappa shape index (κ3) is 4.06. The van der Waals surface area contributed by atoms with Gasteiger partial charge in [-0.2, -0.15) is 5.26 Å². The van der Waals surface area contributed by atoms with Crippen molar-refractivity contribution in [1.82, 2.24) is 20.1 Å². The van der Waals surface area contributed by atoms with E-state index in [2.05, 4.69) is 16.3 Å². The Bertz CT molecular complexity index is 1280. The summed E-state index contributed by atoms with van der Waals surface area (Å²) >= 11 is 0. The maximum Gasteiger partial charge on any atom is 0.256 e. The van der Waals surface area contributed by atoms with Crippen LogP contribution in [0.4, 0.5) is 0 Å². The van der Waals surface area contributed by atoms with Crippen molar-refractivity contribution in [2.24, 2.45) is 5.41 Å². The molecule has 5 rings (SSSR count). The second-order valence-electron chi connectivity index (χ2n) is 10.6. The van der Waals surface area contributed by atoms with Crippen LogP contribution in [0.5, 0.6) is 0 Å². The fourth-order valence-corrected chi connectivity index (χ4v) is 5.65. The van der Waals surface area contributed by atoms with Gasteiger partial charge in [0.05, 0.1) is 35.1 Å². The van der Waals surface area contributed by atoms with E-state index in [1.807, 2.05) is 38.1 Å². The molecule has 9 nitrogen and oxygen atoms in total. The average Bonchev–Trinajstić information content (AvgIpc) is 3.17. The quantitative estimate of drug-likeness (QED) is 0.630. The zero-order valence-electron chi connectivity index (χ0n) is 20.5. The first-order valence-electron chi connectivity index (χ1n) is 12.2. The first kappa shape index (κ1) is 24.1. The zero-order chi connectivity index (χ0) is 25.7. The number of benzene rings is 1. The van der Waals surface area contributed by atoms with E-state index in [1.54, 1.807) is 12.1 Å². The van der Waals surface area contributed by atoms with Crippen molar-refractivity contribution in [3.63, 3.8) is 0 Å². The number of hydrogen-bond acceptors (Lipinski definition) is 7. The summed E-state index contributed by atoms with van der Waals surface area (Å²) in [5.74, 6) is -1.06. The van der Waals surface area contributed by atoms with Crippen LogP contribution >= 0.6 is 0 Å². The molecular weight excluding hydrogens is 458 g/mol. The van der Waals surface area contributed by atoms with Crippen LogP contribution in [0.25, 0.3) is 0 Å². The molecule has 2 fully saturated rings. The van der Waals surface area contributed by atoms with Gasteiger partial charge in [0.1, 0.15) is 11.6 Å². The number of carbonyl (C=O) groups is 3. The molecule has 1 aromatic heterocycles. The third-order valence-electron chi connectivity index (χ3n) is 7.81. The molecule has 2 atom stereocenters. The zero-order valence-corrected chi connectivity index (χ0v) is 20.5. The lowest BCUT2D eigenvalue weighted by molar-refractivity contribution is -0.137. The summed E-state index contributed by atoms with van der Waals surface area (Å²) in [5.41, 5.74) is 1.54. The highest BCUT2D eigenvalue weighted by Gasteiger charge is 2.50. The Morgan fingerprint density at radius 1 is 1.17 bits per heavy atom. The Labute approximate surface area is 209 Å². The van der Waals surface area contributed by atoms with E-state index in [9.17, 15) is 19.5 Å². The van der Waals surface area contributed by atoms with Crippen molar-refractivity contribution in [1.29, 1.82) is 5.26 Å². The van der Waals surface area contributed by atoms with Crippen LogP contribution in [0, 0.1) is 16.7 Å². The first-order chi connectivity index (χ1) is 17.1. The summed E-state index contributed by atoms with van der Waals surface area (Å²) in [4.78, 5) is 45.4. The monoisotopic (exact) mass is 487 g/mol. The molecule has 1 unspecified atom stereocenters. The van der Waals surface area contributed by atoms with E-state index >= 15 is 0 Å². The molecular formula is C27H29N5O4. The number of hydrogen-bond donors (Lipinski definition) is 2. The predicted molar refractivity (Wildman–Crippen MR) is 129 cm³/mol. The number of fused-ring (bicyclic) bond motifs is 1. The Morgan fingerprint density at radius 3 is 2.58 bits per heavy atom. The number of aromatic nitrogens is 1. The molecule has 1 aromatic carbocycles. The minimum atomic E-state index is -1.19. The standard InChI is InChI=1S/C27H29N5O4/c1-26(2)16-31(14-18-5-3-17(13-28)4-6-18)12-11-27(26,36)22-9-7-19-20(29-22)15-32(25(19)35)21-8-10-23(33)30-24(21)34/h3-7,9,21,36H,8,10-12,14-16H2,1-2H3,(H,30,33,34)/t21?,27-/m0/s1. The third-order valence-corrected chi connectivity index (χ3v) is 7.81. The molecule has 3 amide bonds. The van der Waals surface area contributed by atoms with Crippen molar-refractivity contribution < 1.29 is 19.5 Å². The van der Waals surface area contributed by atoms with Gasteiger partial charge in [0.2, 0.25) is 11.8 Å². The first-order valence-corrected chi connectivity index (χ1v) is 12.2. The minimum Gasteiger partial charge on any atom is -0.383 e. The molecule has 2 saturated heterocycles. The number of nitrogens with zero attached hydrogens (tertiary/aromatic N) is 4. The smallest absolute Gasteiger partial charge is 0.256 e. The summed E-state index contributed by atoms with van der Waals surface area (Å²) in [5, 5.41) is 23.2. The normalized spacial score (nSPS) is 25.9. The fraction of sp³-hybridized carbons (Fsp3) is 0.444. The van der Waals surface area contributed by atoms with Gasteiger partial charge in [-0.15, -0.1) is 0 Å². The van der Waals surface area contributed by atoms with Gasteiger partial charge in [-0.3, -0.25) is 29.6 Å². The summed E-state index contributed by atoms with van der Waals surface area (Å²) in [6, 6.07) is 12.4. The molecule has 186 valence electrons. The Kier molecular flexibility index (Phi) is 5.89. The van der Waals surface area contributed by atoms with Crippen molar-refractivity contribution in [2.45, 2.75) is 57.8 Å². The van der Waals surface area contributed by atoms with Gasteiger partial charge in [-0.25, -0.2) is 0 Å². The molecule has 2 aromatic rings. The highest BCUT2D eigenvalue weighted by Crippen LogP contribution is 2.46. The average molecular weight is 488 g/mol. The summed E-state index contributed by atoms with van der Waals surface area (Å²) < 4.78 is 0.